The van der Waals surface area contributed by atoms with Crippen LogP contribution in [-0.4, -0.2) is 12.6 Å². The van der Waals surface area contributed by atoms with Crippen LogP contribution in [0, 0.1) is 17.7 Å². The maximum absolute atomic E-state index is 13.3. The van der Waals surface area contributed by atoms with Gasteiger partial charge in [-0.25, -0.2) is 4.39 Å². The van der Waals surface area contributed by atoms with Gasteiger partial charge in [0.05, 0.1) is 6.10 Å². The molecule has 106 valence electrons. The van der Waals surface area contributed by atoms with Crippen LogP contribution < -0.4 is 10.5 Å². The molecule has 19 heavy (non-hydrogen) atoms. The van der Waals surface area contributed by atoms with Crippen LogP contribution in [0.1, 0.15) is 38.7 Å². The monoisotopic (exact) mass is 265 g/mol. The Morgan fingerprint density at radius 3 is 2.74 bits per heavy atom. The summed E-state index contributed by atoms with van der Waals surface area (Å²) in [5.41, 5.74) is 6.46. The summed E-state index contributed by atoms with van der Waals surface area (Å²) < 4.78 is 19.4. The standard InChI is InChI=1S/C16H24FNO/c1-11-3-5-15(9-12(11)2)19-16-6-4-14(17)10-13(16)7-8-18/h4,6,10-12,15H,3,5,7-9,18H2,1-2H3. The number of hydrogen-bond acceptors (Lipinski definition) is 2. The maximum atomic E-state index is 13.3. The summed E-state index contributed by atoms with van der Waals surface area (Å²) in [5, 5.41) is 0. The van der Waals surface area contributed by atoms with Crippen LogP contribution in [0.4, 0.5) is 4.39 Å². The van der Waals surface area contributed by atoms with Crippen LogP contribution in [-0.2, 0) is 6.42 Å². The lowest BCUT2D eigenvalue weighted by Gasteiger charge is -2.32. The minimum absolute atomic E-state index is 0.221. The van der Waals surface area contributed by atoms with Gasteiger partial charge in [0, 0.05) is 0 Å². The van der Waals surface area contributed by atoms with Gasteiger partial charge in [0.25, 0.3) is 0 Å². The third-order valence-corrected chi connectivity index (χ3v) is 4.28. The van der Waals surface area contributed by atoms with E-state index in [0.29, 0.717) is 18.9 Å². The molecule has 0 aromatic heterocycles. The van der Waals surface area contributed by atoms with Gasteiger partial charge in [-0.05, 0) is 67.8 Å². The average Bonchev–Trinajstić information content (AvgIpc) is 2.37. The fraction of sp³-hybridized carbons (Fsp3) is 0.625. The maximum Gasteiger partial charge on any atom is 0.123 e. The molecule has 3 atom stereocenters. The highest BCUT2D eigenvalue weighted by molar-refractivity contribution is 5.34. The molecule has 1 saturated carbocycles. The summed E-state index contributed by atoms with van der Waals surface area (Å²) in [6.07, 6.45) is 4.30. The van der Waals surface area contributed by atoms with Gasteiger partial charge in [-0.1, -0.05) is 13.8 Å². The summed E-state index contributed by atoms with van der Waals surface area (Å²) in [6.45, 7) is 5.10. The largest absolute Gasteiger partial charge is 0.490 e. The predicted octanol–water partition coefficient (Wildman–Crippen LogP) is 3.53. The summed E-state index contributed by atoms with van der Waals surface area (Å²) >= 11 is 0. The van der Waals surface area contributed by atoms with Crippen LogP contribution in [0.25, 0.3) is 0 Å². The number of nitrogens with two attached hydrogens (primary N) is 1. The predicted molar refractivity (Wildman–Crippen MR) is 75.8 cm³/mol. The Balaban J connectivity index is 2.06. The lowest BCUT2D eigenvalue weighted by molar-refractivity contribution is 0.0996. The van der Waals surface area contributed by atoms with E-state index in [1.54, 1.807) is 6.07 Å². The van der Waals surface area contributed by atoms with Crippen molar-refractivity contribution in [3.63, 3.8) is 0 Å². The zero-order valence-corrected chi connectivity index (χ0v) is 11.9. The van der Waals surface area contributed by atoms with E-state index >= 15 is 0 Å². The molecule has 1 fully saturated rings. The highest BCUT2D eigenvalue weighted by atomic mass is 19.1. The van der Waals surface area contributed by atoms with E-state index in [9.17, 15) is 4.39 Å². The minimum Gasteiger partial charge on any atom is -0.490 e. The van der Waals surface area contributed by atoms with Crippen molar-refractivity contribution in [3.05, 3.63) is 29.6 Å². The van der Waals surface area contributed by atoms with Gasteiger partial charge in [0.1, 0.15) is 11.6 Å². The first-order chi connectivity index (χ1) is 9.10. The van der Waals surface area contributed by atoms with E-state index in [1.807, 2.05) is 0 Å². The van der Waals surface area contributed by atoms with Gasteiger partial charge in [-0.15, -0.1) is 0 Å². The minimum atomic E-state index is -0.221. The van der Waals surface area contributed by atoms with Crippen LogP contribution in [0.5, 0.6) is 5.75 Å². The van der Waals surface area contributed by atoms with Crippen molar-refractivity contribution in [2.24, 2.45) is 17.6 Å². The third-order valence-electron chi connectivity index (χ3n) is 4.28. The first-order valence-corrected chi connectivity index (χ1v) is 7.25. The molecule has 0 heterocycles. The molecule has 1 aliphatic rings. The molecule has 0 saturated heterocycles. The normalized spacial score (nSPS) is 27.3. The van der Waals surface area contributed by atoms with Gasteiger partial charge in [-0.3, -0.25) is 0 Å². The van der Waals surface area contributed by atoms with Gasteiger partial charge in [0.2, 0.25) is 0 Å². The molecule has 3 heteroatoms. The van der Waals surface area contributed by atoms with Crippen molar-refractivity contribution in [1.82, 2.24) is 0 Å². The molecule has 0 radical (unpaired) electrons. The van der Waals surface area contributed by atoms with Crippen LogP contribution in [0.15, 0.2) is 18.2 Å². The second-order valence-corrected chi connectivity index (χ2v) is 5.80. The molecule has 1 aliphatic carbocycles. The molecule has 3 unspecified atom stereocenters. The van der Waals surface area contributed by atoms with Crippen LogP contribution >= 0.6 is 0 Å². The number of hydrogen-bond donors (Lipinski definition) is 1. The highest BCUT2D eigenvalue weighted by Crippen LogP contribution is 2.32. The van der Waals surface area contributed by atoms with Gasteiger partial charge >= 0.3 is 0 Å². The van der Waals surface area contributed by atoms with Crippen molar-refractivity contribution in [2.75, 3.05) is 6.54 Å². The molecule has 2 rings (SSSR count). The summed E-state index contributed by atoms with van der Waals surface area (Å²) in [6, 6.07) is 4.74. The summed E-state index contributed by atoms with van der Waals surface area (Å²) in [4.78, 5) is 0. The topological polar surface area (TPSA) is 35.2 Å². The van der Waals surface area contributed by atoms with Crippen molar-refractivity contribution >= 4 is 0 Å². The zero-order valence-electron chi connectivity index (χ0n) is 11.9. The van der Waals surface area contributed by atoms with E-state index in [4.69, 9.17) is 10.5 Å². The van der Waals surface area contributed by atoms with E-state index in [2.05, 4.69) is 13.8 Å². The fourth-order valence-corrected chi connectivity index (χ4v) is 2.80. The smallest absolute Gasteiger partial charge is 0.123 e. The molecule has 0 spiro atoms. The quantitative estimate of drug-likeness (QED) is 0.904. The zero-order chi connectivity index (χ0) is 13.8. The SMILES string of the molecule is CC1CCC(Oc2ccc(F)cc2CCN)CC1C. The lowest BCUT2D eigenvalue weighted by atomic mass is 9.80. The second kappa shape index (κ2) is 6.38. The Hall–Kier alpha value is -1.09. The van der Waals surface area contributed by atoms with E-state index < -0.39 is 0 Å². The Morgan fingerprint density at radius 2 is 2.05 bits per heavy atom. The Bertz CT molecular complexity index is 421. The molecule has 1 aromatic rings. The van der Waals surface area contributed by atoms with E-state index in [-0.39, 0.29) is 11.9 Å². The molecular weight excluding hydrogens is 241 g/mol. The van der Waals surface area contributed by atoms with Crippen LogP contribution in [0.3, 0.4) is 0 Å². The van der Waals surface area contributed by atoms with E-state index in [1.165, 1.54) is 18.6 Å². The first kappa shape index (κ1) is 14.3. The number of halogens is 1. The Morgan fingerprint density at radius 1 is 1.26 bits per heavy atom. The first-order valence-electron chi connectivity index (χ1n) is 7.25. The number of ether oxygens (including phenoxy) is 1. The molecule has 1 aromatic carbocycles. The second-order valence-electron chi connectivity index (χ2n) is 5.80. The number of benzene rings is 1. The van der Waals surface area contributed by atoms with Crippen molar-refractivity contribution in [3.8, 4) is 5.75 Å². The van der Waals surface area contributed by atoms with Crippen molar-refractivity contribution in [1.29, 1.82) is 0 Å². The summed E-state index contributed by atoms with van der Waals surface area (Å²) in [5.74, 6) is 2.05. The average molecular weight is 265 g/mol. The van der Waals surface area contributed by atoms with Gasteiger partial charge in [0.15, 0.2) is 0 Å². The van der Waals surface area contributed by atoms with Gasteiger partial charge in [-0.2, -0.15) is 0 Å². The summed E-state index contributed by atoms with van der Waals surface area (Å²) in [7, 11) is 0. The molecule has 0 aliphatic heterocycles. The lowest BCUT2D eigenvalue weighted by Crippen LogP contribution is -2.29. The van der Waals surface area contributed by atoms with Crippen molar-refractivity contribution in [2.45, 2.75) is 45.6 Å². The third kappa shape index (κ3) is 3.69. The molecule has 2 N–H and O–H groups in total. The Kier molecular flexibility index (Phi) is 4.81. The molecular formula is C16H24FNO. The Labute approximate surface area is 115 Å². The molecule has 2 nitrogen and oxygen atoms in total. The van der Waals surface area contributed by atoms with Crippen molar-refractivity contribution < 1.29 is 9.13 Å². The van der Waals surface area contributed by atoms with Gasteiger partial charge < -0.3 is 10.5 Å². The molecule has 0 amide bonds. The van der Waals surface area contributed by atoms with Crippen LogP contribution in [0.2, 0.25) is 0 Å². The number of rotatable bonds is 4. The highest BCUT2D eigenvalue weighted by Gasteiger charge is 2.26. The molecule has 0 bridgehead atoms. The fourth-order valence-electron chi connectivity index (χ4n) is 2.80. The van der Waals surface area contributed by atoms with E-state index in [0.717, 1.165) is 30.1 Å².